The first-order valence-electron chi connectivity index (χ1n) is 9.06. The Kier molecular flexibility index (Phi) is 4.79. The van der Waals surface area contributed by atoms with Crippen LogP contribution in [-0.4, -0.2) is 48.8 Å². The van der Waals surface area contributed by atoms with E-state index < -0.39 is 0 Å². The molecule has 124 valence electrons. The first-order valence-corrected chi connectivity index (χ1v) is 10.3. The third kappa shape index (κ3) is 3.67. The third-order valence-electron chi connectivity index (χ3n) is 5.94. The monoisotopic (exact) mass is 328 g/mol. The van der Waals surface area contributed by atoms with Gasteiger partial charge in [0.05, 0.1) is 0 Å². The van der Waals surface area contributed by atoms with Crippen molar-refractivity contribution in [3.8, 4) is 0 Å². The summed E-state index contributed by atoms with van der Waals surface area (Å²) in [5.74, 6) is 2.75. The van der Waals surface area contributed by atoms with Gasteiger partial charge in [-0.15, -0.1) is 11.8 Å². The predicted molar refractivity (Wildman–Crippen MR) is 98.8 cm³/mol. The summed E-state index contributed by atoms with van der Waals surface area (Å²) < 4.78 is 0. The summed E-state index contributed by atoms with van der Waals surface area (Å²) in [5.41, 5.74) is 1.45. The summed E-state index contributed by atoms with van der Waals surface area (Å²) in [4.78, 5) is 6.69. The van der Waals surface area contributed by atoms with Crippen molar-refractivity contribution in [1.82, 2.24) is 9.80 Å². The molecule has 0 radical (unpaired) electrons. The van der Waals surface area contributed by atoms with Crippen molar-refractivity contribution >= 4 is 11.8 Å². The lowest BCUT2D eigenvalue weighted by Gasteiger charge is -2.37. The van der Waals surface area contributed by atoms with Gasteiger partial charge >= 0.3 is 0 Å². The number of allylic oxidation sites excluding steroid dienone is 2. The maximum Gasteiger partial charge on any atom is 0.0234 e. The fraction of sp³-hybridized carbons (Fsp3) is 0.600. The summed E-state index contributed by atoms with van der Waals surface area (Å²) in [6, 6.07) is 9.08. The number of benzene rings is 1. The summed E-state index contributed by atoms with van der Waals surface area (Å²) in [7, 11) is 0. The summed E-state index contributed by atoms with van der Waals surface area (Å²) in [6.07, 6.45) is 9.98. The van der Waals surface area contributed by atoms with E-state index in [9.17, 15) is 0 Å². The van der Waals surface area contributed by atoms with Gasteiger partial charge in [-0.25, -0.2) is 0 Å². The van der Waals surface area contributed by atoms with E-state index >= 15 is 0 Å². The zero-order chi connectivity index (χ0) is 15.6. The number of thioether (sulfide) groups is 1. The van der Waals surface area contributed by atoms with Gasteiger partial charge < -0.3 is 4.90 Å². The van der Waals surface area contributed by atoms with Crippen LogP contribution in [0.1, 0.15) is 18.4 Å². The molecule has 1 saturated heterocycles. The molecule has 1 aliphatic heterocycles. The summed E-state index contributed by atoms with van der Waals surface area (Å²) in [6.45, 7) is 7.39. The van der Waals surface area contributed by atoms with E-state index in [4.69, 9.17) is 0 Å². The average Bonchev–Trinajstić information content (AvgIpc) is 3.20. The molecule has 0 aromatic heterocycles. The van der Waals surface area contributed by atoms with E-state index in [-0.39, 0.29) is 0 Å². The van der Waals surface area contributed by atoms with Gasteiger partial charge in [0.2, 0.25) is 0 Å². The molecule has 3 aliphatic rings. The minimum Gasteiger partial charge on any atom is -0.300 e. The summed E-state index contributed by atoms with van der Waals surface area (Å²) >= 11 is 1.82. The van der Waals surface area contributed by atoms with Crippen LogP contribution in [0.2, 0.25) is 0 Å². The van der Waals surface area contributed by atoms with Crippen LogP contribution in [0.4, 0.5) is 0 Å². The SMILES string of the molecule is CSc1ccc(CN2CCN(C[C@H]3C[C@H]4C=C[C@@H]3C4)CC2)cc1. The molecule has 1 aromatic rings. The third-order valence-corrected chi connectivity index (χ3v) is 6.68. The van der Waals surface area contributed by atoms with E-state index in [1.165, 1.54) is 56.0 Å². The quantitative estimate of drug-likeness (QED) is 0.600. The molecule has 2 nitrogen and oxygen atoms in total. The molecule has 2 fully saturated rings. The maximum atomic E-state index is 2.71. The van der Waals surface area contributed by atoms with Crippen LogP contribution in [0.25, 0.3) is 0 Å². The second-order valence-corrected chi connectivity index (χ2v) is 8.34. The molecule has 3 heteroatoms. The van der Waals surface area contributed by atoms with Gasteiger partial charge in [0.1, 0.15) is 0 Å². The molecule has 0 spiro atoms. The standard InChI is InChI=1S/C20H28N2S/c1-23-20-6-3-16(4-7-20)14-21-8-10-22(11-9-21)15-19-13-17-2-5-18(19)12-17/h2-7,17-19H,8-15H2,1H3/t17-,18+,19+/m0/s1. The highest BCUT2D eigenvalue weighted by Crippen LogP contribution is 2.43. The Morgan fingerprint density at radius 1 is 0.957 bits per heavy atom. The first kappa shape index (κ1) is 15.7. The molecule has 1 saturated carbocycles. The van der Waals surface area contributed by atoms with E-state index in [2.05, 4.69) is 52.5 Å². The van der Waals surface area contributed by atoms with Crippen LogP contribution >= 0.6 is 11.8 Å². The van der Waals surface area contributed by atoms with Crippen molar-refractivity contribution < 1.29 is 0 Å². The molecule has 0 amide bonds. The highest BCUT2D eigenvalue weighted by Gasteiger charge is 2.36. The number of nitrogens with zero attached hydrogens (tertiary/aromatic N) is 2. The van der Waals surface area contributed by atoms with Crippen LogP contribution in [-0.2, 0) is 6.54 Å². The Hall–Kier alpha value is -0.770. The van der Waals surface area contributed by atoms with Crippen LogP contribution in [0, 0.1) is 17.8 Å². The number of rotatable bonds is 5. The van der Waals surface area contributed by atoms with E-state index in [1.54, 1.807) is 0 Å². The van der Waals surface area contributed by atoms with Gasteiger partial charge in [-0.3, -0.25) is 4.90 Å². The molecule has 4 rings (SSSR count). The normalized spacial score (nSPS) is 31.1. The second kappa shape index (κ2) is 7.00. The Morgan fingerprint density at radius 3 is 2.30 bits per heavy atom. The van der Waals surface area contributed by atoms with Crippen molar-refractivity contribution in [2.24, 2.45) is 17.8 Å². The van der Waals surface area contributed by atoms with Gasteiger partial charge in [0.15, 0.2) is 0 Å². The van der Waals surface area contributed by atoms with Crippen molar-refractivity contribution in [2.75, 3.05) is 39.0 Å². The lowest BCUT2D eigenvalue weighted by atomic mass is 9.93. The van der Waals surface area contributed by atoms with E-state index in [0.717, 1.165) is 24.3 Å². The van der Waals surface area contributed by atoms with Crippen LogP contribution in [0.15, 0.2) is 41.3 Å². The molecule has 1 heterocycles. The topological polar surface area (TPSA) is 6.48 Å². The molecule has 1 aromatic carbocycles. The van der Waals surface area contributed by atoms with Gasteiger partial charge in [-0.2, -0.15) is 0 Å². The molecular formula is C20H28N2S. The first-order chi connectivity index (χ1) is 11.3. The molecule has 0 unspecified atom stereocenters. The fourth-order valence-electron chi connectivity index (χ4n) is 4.56. The van der Waals surface area contributed by atoms with Crippen LogP contribution < -0.4 is 0 Å². The van der Waals surface area contributed by atoms with Crippen molar-refractivity contribution in [1.29, 1.82) is 0 Å². The predicted octanol–water partition coefficient (Wildman–Crippen LogP) is 3.74. The lowest BCUT2D eigenvalue weighted by Crippen LogP contribution is -2.47. The molecular weight excluding hydrogens is 300 g/mol. The van der Waals surface area contributed by atoms with Gasteiger partial charge in [0, 0.05) is 44.2 Å². The molecule has 3 atom stereocenters. The number of hydrogen-bond acceptors (Lipinski definition) is 3. The van der Waals surface area contributed by atoms with Gasteiger partial charge in [0.25, 0.3) is 0 Å². The van der Waals surface area contributed by atoms with Crippen molar-refractivity contribution in [3.05, 3.63) is 42.0 Å². The van der Waals surface area contributed by atoms with E-state index in [0.29, 0.717) is 0 Å². The zero-order valence-electron chi connectivity index (χ0n) is 14.2. The maximum absolute atomic E-state index is 2.71. The van der Waals surface area contributed by atoms with Crippen molar-refractivity contribution in [3.63, 3.8) is 0 Å². The minimum absolute atomic E-state index is 0.896. The highest BCUT2D eigenvalue weighted by molar-refractivity contribution is 7.98. The van der Waals surface area contributed by atoms with Gasteiger partial charge in [-0.1, -0.05) is 24.3 Å². The number of hydrogen-bond donors (Lipinski definition) is 0. The Morgan fingerprint density at radius 2 is 1.70 bits per heavy atom. The fourth-order valence-corrected chi connectivity index (χ4v) is 4.96. The zero-order valence-corrected chi connectivity index (χ0v) is 15.0. The Bertz CT molecular complexity index is 545. The molecule has 23 heavy (non-hydrogen) atoms. The Labute approximate surface area is 144 Å². The lowest BCUT2D eigenvalue weighted by molar-refractivity contribution is 0.108. The highest BCUT2D eigenvalue weighted by atomic mass is 32.2. The second-order valence-electron chi connectivity index (χ2n) is 7.47. The van der Waals surface area contributed by atoms with Crippen LogP contribution in [0.5, 0.6) is 0 Å². The van der Waals surface area contributed by atoms with Crippen LogP contribution in [0.3, 0.4) is 0 Å². The smallest absolute Gasteiger partial charge is 0.0234 e. The molecule has 2 aliphatic carbocycles. The van der Waals surface area contributed by atoms with Crippen molar-refractivity contribution in [2.45, 2.75) is 24.3 Å². The minimum atomic E-state index is 0.896. The number of piperazine rings is 1. The van der Waals surface area contributed by atoms with E-state index in [1.807, 2.05) is 11.8 Å². The average molecular weight is 329 g/mol. The largest absolute Gasteiger partial charge is 0.300 e. The number of fused-ring (bicyclic) bond motifs is 2. The Balaban J connectivity index is 1.23. The molecule has 2 bridgehead atoms. The molecule has 0 N–H and O–H groups in total. The summed E-state index contributed by atoms with van der Waals surface area (Å²) in [5, 5.41) is 0. The van der Waals surface area contributed by atoms with Gasteiger partial charge in [-0.05, 0) is 54.5 Å².